The molecule has 76 valence electrons. The lowest BCUT2D eigenvalue weighted by atomic mass is 10.1. The molecule has 0 heterocycles. The number of benzene rings is 1. The fourth-order valence-corrected chi connectivity index (χ4v) is 1.47. The first-order valence-corrected chi connectivity index (χ1v) is 4.64. The van der Waals surface area contributed by atoms with Gasteiger partial charge >= 0.3 is 5.97 Å². The van der Waals surface area contributed by atoms with Crippen molar-refractivity contribution in [3.05, 3.63) is 28.0 Å². The van der Waals surface area contributed by atoms with Gasteiger partial charge in [0.25, 0.3) is 0 Å². The first-order valence-electron chi connectivity index (χ1n) is 3.84. The molecule has 1 aromatic carbocycles. The third-order valence-corrected chi connectivity index (χ3v) is 2.20. The summed E-state index contributed by atoms with van der Waals surface area (Å²) in [5.41, 5.74) is 5.95. The fraction of sp³-hybridized carbons (Fsp3) is 0.222. The number of nitrogen functional groups attached to an aromatic ring is 1. The van der Waals surface area contributed by atoms with E-state index in [1.165, 1.54) is 13.2 Å². The normalized spacial score (nSPS) is 9.93. The van der Waals surface area contributed by atoms with Gasteiger partial charge in [0, 0.05) is 15.7 Å². The highest BCUT2D eigenvalue weighted by molar-refractivity contribution is 9.10. The zero-order chi connectivity index (χ0) is 10.7. The number of methoxy groups -OCH3 is 1. The van der Waals surface area contributed by atoms with Gasteiger partial charge in [-0.15, -0.1) is 0 Å². The van der Waals surface area contributed by atoms with Gasteiger partial charge in [-0.1, -0.05) is 15.9 Å². The number of esters is 1. The highest BCUT2D eigenvalue weighted by Gasteiger charge is 2.12. The zero-order valence-corrected chi connectivity index (χ0v) is 9.10. The predicted molar refractivity (Wildman–Crippen MR) is 54.2 cm³/mol. The molecule has 0 amide bonds. The maximum atomic E-state index is 13.3. The topological polar surface area (TPSA) is 52.3 Å². The maximum absolute atomic E-state index is 13.3. The van der Waals surface area contributed by atoms with Crippen LogP contribution in [0.3, 0.4) is 0 Å². The molecule has 0 saturated carbocycles. The minimum Gasteiger partial charge on any atom is -0.469 e. The number of hydrogen-bond acceptors (Lipinski definition) is 3. The molecule has 3 nitrogen and oxygen atoms in total. The number of nitrogens with two attached hydrogens (primary N) is 1. The molecule has 0 aliphatic rings. The number of hydrogen-bond donors (Lipinski definition) is 1. The Hall–Kier alpha value is -1.10. The quantitative estimate of drug-likeness (QED) is 0.654. The van der Waals surface area contributed by atoms with Crippen molar-refractivity contribution in [1.82, 2.24) is 0 Å². The number of anilines is 1. The van der Waals surface area contributed by atoms with Crippen molar-refractivity contribution in [3.63, 3.8) is 0 Å². The molecule has 5 heteroatoms. The van der Waals surface area contributed by atoms with Crippen LogP contribution in [0.2, 0.25) is 0 Å². The number of rotatable bonds is 2. The van der Waals surface area contributed by atoms with Gasteiger partial charge in [0.2, 0.25) is 0 Å². The van der Waals surface area contributed by atoms with Crippen molar-refractivity contribution in [3.8, 4) is 0 Å². The second-order valence-corrected chi connectivity index (χ2v) is 3.62. The molecule has 0 unspecified atom stereocenters. The third kappa shape index (κ3) is 2.45. The lowest BCUT2D eigenvalue weighted by Gasteiger charge is -2.06. The van der Waals surface area contributed by atoms with E-state index < -0.39 is 11.8 Å². The molecule has 1 aromatic rings. The lowest BCUT2D eigenvalue weighted by molar-refractivity contribution is -0.139. The van der Waals surface area contributed by atoms with Crippen LogP contribution < -0.4 is 5.73 Å². The van der Waals surface area contributed by atoms with Crippen molar-refractivity contribution < 1.29 is 13.9 Å². The van der Waals surface area contributed by atoms with Crippen LogP contribution in [0.4, 0.5) is 10.1 Å². The predicted octanol–water partition coefficient (Wildman–Crippen LogP) is 1.89. The van der Waals surface area contributed by atoms with Gasteiger partial charge in [-0.3, -0.25) is 4.79 Å². The van der Waals surface area contributed by atoms with Crippen LogP contribution in [0.15, 0.2) is 16.6 Å². The summed E-state index contributed by atoms with van der Waals surface area (Å²) >= 11 is 3.09. The number of carbonyl (C=O) groups excluding carboxylic acids is 1. The number of ether oxygens (including phenoxy) is 1. The van der Waals surface area contributed by atoms with E-state index in [-0.39, 0.29) is 17.7 Å². The van der Waals surface area contributed by atoms with E-state index in [0.29, 0.717) is 4.47 Å². The maximum Gasteiger partial charge on any atom is 0.310 e. The lowest BCUT2D eigenvalue weighted by Crippen LogP contribution is -2.08. The van der Waals surface area contributed by atoms with Gasteiger partial charge in [-0.05, 0) is 12.1 Å². The Morgan fingerprint density at radius 3 is 2.79 bits per heavy atom. The third-order valence-electron chi connectivity index (χ3n) is 1.74. The molecule has 0 aliphatic heterocycles. The van der Waals surface area contributed by atoms with E-state index in [4.69, 9.17) is 5.73 Å². The molecule has 2 N–H and O–H groups in total. The van der Waals surface area contributed by atoms with Gasteiger partial charge in [0.1, 0.15) is 5.82 Å². The molecule has 0 aromatic heterocycles. The molecule has 0 saturated heterocycles. The second-order valence-electron chi connectivity index (χ2n) is 2.71. The van der Waals surface area contributed by atoms with E-state index in [0.717, 1.165) is 0 Å². The fourth-order valence-electron chi connectivity index (χ4n) is 1.03. The largest absolute Gasteiger partial charge is 0.469 e. The summed E-state index contributed by atoms with van der Waals surface area (Å²) in [5, 5.41) is 0. The molecular formula is C9H9BrFNO2. The second kappa shape index (κ2) is 4.41. The monoisotopic (exact) mass is 261 g/mol. The van der Waals surface area contributed by atoms with Crippen molar-refractivity contribution in [2.75, 3.05) is 12.8 Å². The summed E-state index contributed by atoms with van der Waals surface area (Å²) in [6, 6.07) is 2.80. The molecule has 0 spiro atoms. The average Bonchev–Trinajstić information content (AvgIpc) is 2.10. The van der Waals surface area contributed by atoms with Gasteiger partial charge in [-0.25, -0.2) is 4.39 Å². The van der Waals surface area contributed by atoms with E-state index in [2.05, 4.69) is 20.7 Å². The van der Waals surface area contributed by atoms with Crippen LogP contribution in [0.5, 0.6) is 0 Å². The molecule has 0 aliphatic carbocycles. The van der Waals surface area contributed by atoms with Crippen LogP contribution in [0, 0.1) is 5.82 Å². The Morgan fingerprint density at radius 1 is 1.64 bits per heavy atom. The van der Waals surface area contributed by atoms with Gasteiger partial charge in [0.05, 0.1) is 13.5 Å². The first kappa shape index (κ1) is 11.0. The molecule has 0 fully saturated rings. The van der Waals surface area contributed by atoms with Crippen molar-refractivity contribution in [2.45, 2.75) is 6.42 Å². The van der Waals surface area contributed by atoms with E-state index >= 15 is 0 Å². The van der Waals surface area contributed by atoms with Crippen LogP contribution in [-0.2, 0) is 16.0 Å². The summed E-state index contributed by atoms with van der Waals surface area (Å²) in [6.07, 6.45) is -0.151. The van der Waals surface area contributed by atoms with Crippen molar-refractivity contribution in [2.24, 2.45) is 0 Å². The minimum atomic E-state index is -0.516. The number of carbonyl (C=O) groups is 1. The Balaban J connectivity index is 3.02. The smallest absolute Gasteiger partial charge is 0.310 e. The van der Waals surface area contributed by atoms with E-state index in [1.54, 1.807) is 6.07 Å². The SMILES string of the molecule is COC(=O)Cc1c(N)cc(Br)cc1F. The highest BCUT2D eigenvalue weighted by Crippen LogP contribution is 2.22. The van der Waals surface area contributed by atoms with Crippen LogP contribution >= 0.6 is 15.9 Å². The summed E-state index contributed by atoms with van der Waals surface area (Å²) < 4.78 is 18.3. The standard InChI is InChI=1S/C9H9BrFNO2/c1-14-9(13)4-6-7(11)2-5(10)3-8(6)12/h2-3H,4,12H2,1H3. The molecule has 1 rings (SSSR count). The first-order chi connectivity index (χ1) is 6.54. The highest BCUT2D eigenvalue weighted by atomic mass is 79.9. The van der Waals surface area contributed by atoms with Gasteiger partial charge in [0.15, 0.2) is 0 Å². The van der Waals surface area contributed by atoms with Gasteiger partial charge < -0.3 is 10.5 Å². The summed E-state index contributed by atoms with van der Waals surface area (Å²) in [6.45, 7) is 0. The van der Waals surface area contributed by atoms with Crippen molar-refractivity contribution >= 4 is 27.6 Å². The van der Waals surface area contributed by atoms with Crippen LogP contribution in [0.1, 0.15) is 5.56 Å². The molecular weight excluding hydrogens is 253 g/mol. The van der Waals surface area contributed by atoms with Crippen LogP contribution in [0.25, 0.3) is 0 Å². The minimum absolute atomic E-state index is 0.151. The Kier molecular flexibility index (Phi) is 3.46. The van der Waals surface area contributed by atoms with Crippen LogP contribution in [-0.4, -0.2) is 13.1 Å². The Bertz CT molecular complexity index is 345. The Labute approximate surface area is 89.2 Å². The van der Waals surface area contributed by atoms with E-state index in [1.807, 2.05) is 0 Å². The zero-order valence-electron chi connectivity index (χ0n) is 7.51. The summed E-state index contributed by atoms with van der Waals surface area (Å²) in [4.78, 5) is 10.9. The average molecular weight is 262 g/mol. The molecule has 14 heavy (non-hydrogen) atoms. The van der Waals surface area contributed by atoms with Crippen molar-refractivity contribution in [1.29, 1.82) is 0 Å². The van der Waals surface area contributed by atoms with E-state index in [9.17, 15) is 9.18 Å². The number of halogens is 2. The summed E-state index contributed by atoms with van der Waals surface area (Å²) in [5.74, 6) is -1.03. The molecule has 0 atom stereocenters. The summed E-state index contributed by atoms with van der Waals surface area (Å²) in [7, 11) is 1.25. The van der Waals surface area contributed by atoms with Gasteiger partial charge in [-0.2, -0.15) is 0 Å². The Morgan fingerprint density at radius 2 is 2.29 bits per heavy atom. The molecule has 0 radical (unpaired) electrons. The molecule has 0 bridgehead atoms.